The monoisotopic (exact) mass is 667 g/mol. The molecule has 0 bridgehead atoms. The Morgan fingerprint density at radius 1 is 0.870 bits per heavy atom. The molecule has 0 aliphatic rings. The lowest BCUT2D eigenvalue weighted by Crippen LogP contribution is -2.60. The first-order valence-electron chi connectivity index (χ1n) is 15.8. The molecule has 0 saturated carbocycles. The van der Waals surface area contributed by atoms with E-state index in [1.165, 1.54) is 14.0 Å². The Morgan fingerprint density at radius 3 is 1.91 bits per heavy atom. The summed E-state index contributed by atoms with van der Waals surface area (Å²) in [7, 11) is -1.69. The van der Waals surface area contributed by atoms with Gasteiger partial charge in [0.15, 0.2) is 8.03 Å². The van der Waals surface area contributed by atoms with Gasteiger partial charge in [-0.3, -0.25) is 23.7 Å². The summed E-state index contributed by atoms with van der Waals surface area (Å²) in [6.07, 6.45) is -0.867. The fraction of sp³-hybridized carbons (Fsp3) is 0.656. The van der Waals surface area contributed by atoms with E-state index in [4.69, 9.17) is 10.5 Å². The van der Waals surface area contributed by atoms with E-state index in [1.807, 2.05) is 41.5 Å². The zero-order valence-electron chi connectivity index (χ0n) is 28.4. The quantitative estimate of drug-likeness (QED) is 0.135. The van der Waals surface area contributed by atoms with Crippen molar-refractivity contribution in [3.8, 4) is 0 Å². The topological polar surface area (TPSA) is 188 Å². The molecule has 0 aliphatic heterocycles. The molecule has 1 aromatic rings. The number of nitrogens with two attached hydrogens (primary N) is 1. The van der Waals surface area contributed by atoms with Crippen LogP contribution in [-0.2, 0) is 35.1 Å². The minimum absolute atomic E-state index is 0.0434. The smallest absolute Gasteiger partial charge is 0.418 e. The minimum atomic E-state index is -3.11. The van der Waals surface area contributed by atoms with Crippen LogP contribution in [0.25, 0.3) is 0 Å². The highest BCUT2D eigenvalue weighted by Gasteiger charge is 2.40. The van der Waals surface area contributed by atoms with Gasteiger partial charge >= 0.3 is 6.09 Å². The van der Waals surface area contributed by atoms with Gasteiger partial charge in [-0.1, -0.05) is 71.9 Å². The van der Waals surface area contributed by atoms with Crippen molar-refractivity contribution in [3.63, 3.8) is 0 Å². The summed E-state index contributed by atoms with van der Waals surface area (Å²) in [6, 6.07) is 5.50. The molecule has 0 aliphatic carbocycles. The molecular weight excluding hydrogens is 613 g/mol. The number of likely N-dealkylation sites (N-methyl/N-ethyl adjacent to an activating group) is 1. The van der Waals surface area contributed by atoms with Crippen molar-refractivity contribution in [2.24, 2.45) is 29.4 Å². The van der Waals surface area contributed by atoms with Crippen LogP contribution in [0.5, 0.6) is 0 Å². The van der Waals surface area contributed by atoms with Gasteiger partial charge in [0.25, 0.3) is 5.91 Å². The molecule has 46 heavy (non-hydrogen) atoms. The average molecular weight is 668 g/mol. The molecule has 0 heterocycles. The molecular formula is C32H54N5O8P. The van der Waals surface area contributed by atoms with Gasteiger partial charge in [-0.2, -0.15) is 0 Å². The molecule has 2 unspecified atom stereocenters. The largest absolute Gasteiger partial charge is 0.444 e. The Balaban J connectivity index is 3.79. The second-order valence-electron chi connectivity index (χ2n) is 12.9. The number of amides is 5. The Morgan fingerprint density at radius 2 is 1.43 bits per heavy atom. The number of rotatable bonds is 18. The van der Waals surface area contributed by atoms with Gasteiger partial charge in [-0.15, -0.1) is 0 Å². The van der Waals surface area contributed by atoms with Gasteiger partial charge in [0, 0.05) is 19.1 Å². The molecule has 0 aromatic heterocycles. The number of nitrogens with one attached hydrogen (secondary N) is 2. The molecule has 14 heteroatoms. The number of carbonyl (C=O) groups excluding carboxylic acids is 5. The van der Waals surface area contributed by atoms with Crippen LogP contribution in [0.15, 0.2) is 30.3 Å². The molecule has 5 N–H and O–H groups in total. The second-order valence-corrected chi connectivity index (χ2v) is 14.1. The summed E-state index contributed by atoms with van der Waals surface area (Å²) in [6.45, 7) is 11.7. The van der Waals surface area contributed by atoms with Crippen LogP contribution in [0, 0.1) is 23.7 Å². The molecule has 1 aromatic carbocycles. The minimum Gasteiger partial charge on any atom is -0.444 e. The maximum Gasteiger partial charge on any atom is 0.418 e. The van der Waals surface area contributed by atoms with Crippen molar-refractivity contribution < 1.29 is 38.2 Å². The second kappa shape index (κ2) is 20.1. The fourth-order valence-corrected chi connectivity index (χ4v) is 5.71. The Kier molecular flexibility index (Phi) is 17.8. The summed E-state index contributed by atoms with van der Waals surface area (Å²) < 4.78 is 17.6. The Bertz CT molecular complexity index is 1180. The zero-order chi connectivity index (χ0) is 35.1. The highest BCUT2D eigenvalue weighted by molar-refractivity contribution is 7.38. The Labute approximate surface area is 273 Å². The standard InChI is InChI=1S/C32H54N5O8P/c1-20(2)14-25(18-46(43)44)30(40)36(27(16-22(5)6)29(39)34-8)19-37(32(42)45-17-24-12-10-9-11-13-24)31(41)26(15-21(3)4)35-28(38)23(7)33/h9-13,20-23,25-27,46H,14-19,33H2,1-8H3,(H,34,39)(H,35,38)(H,43,44)/t23-,25?,26-,27-/m0/s1. The number of benzene rings is 1. The van der Waals surface area contributed by atoms with Crippen molar-refractivity contribution in [2.45, 2.75) is 92.5 Å². The molecule has 5 amide bonds. The van der Waals surface area contributed by atoms with Crippen LogP contribution in [0.1, 0.15) is 73.3 Å². The molecule has 260 valence electrons. The highest BCUT2D eigenvalue weighted by atomic mass is 31.1. The van der Waals surface area contributed by atoms with Crippen molar-refractivity contribution in [2.75, 3.05) is 19.9 Å². The average Bonchev–Trinajstić information content (AvgIpc) is 2.97. The van der Waals surface area contributed by atoms with E-state index in [1.54, 1.807) is 30.3 Å². The van der Waals surface area contributed by atoms with Crippen molar-refractivity contribution in [1.82, 2.24) is 20.4 Å². The van der Waals surface area contributed by atoms with Crippen molar-refractivity contribution >= 4 is 37.7 Å². The van der Waals surface area contributed by atoms with Crippen molar-refractivity contribution in [3.05, 3.63) is 35.9 Å². The third-order valence-electron chi connectivity index (χ3n) is 7.15. The lowest BCUT2D eigenvalue weighted by molar-refractivity contribution is -0.150. The van der Waals surface area contributed by atoms with E-state index in [0.717, 1.165) is 9.80 Å². The van der Waals surface area contributed by atoms with E-state index < -0.39 is 68.5 Å². The summed E-state index contributed by atoms with van der Waals surface area (Å²) in [5.41, 5.74) is 6.41. The first-order chi connectivity index (χ1) is 21.5. The third-order valence-corrected chi connectivity index (χ3v) is 7.99. The number of ether oxygens (including phenoxy) is 1. The molecule has 13 nitrogen and oxygen atoms in total. The number of hydrogen-bond acceptors (Lipinski definition) is 8. The normalized spacial score (nSPS) is 14.6. The van der Waals surface area contributed by atoms with Gasteiger partial charge in [0.1, 0.15) is 25.4 Å². The SMILES string of the molecule is CNC(=O)[C@H](CC(C)C)N(CN(C(=O)OCc1ccccc1)C(=O)[C@H](CC(C)C)NC(=O)[C@H](C)N)C(=O)C(CC(C)C)C[PH](=O)O. The summed E-state index contributed by atoms with van der Waals surface area (Å²) in [5, 5.41) is 5.18. The van der Waals surface area contributed by atoms with Gasteiger partial charge < -0.3 is 30.9 Å². The highest BCUT2D eigenvalue weighted by Crippen LogP contribution is 2.28. The number of nitrogens with zero attached hydrogens (tertiary/aromatic N) is 2. The first-order valence-corrected chi connectivity index (χ1v) is 17.4. The molecule has 0 radical (unpaired) electrons. The van der Waals surface area contributed by atoms with E-state index in [2.05, 4.69) is 10.6 Å². The predicted octanol–water partition coefficient (Wildman–Crippen LogP) is 3.11. The number of carbonyl (C=O) groups is 5. The third kappa shape index (κ3) is 14.0. The maximum absolute atomic E-state index is 14.3. The fourth-order valence-electron chi connectivity index (χ4n) is 4.95. The zero-order valence-corrected chi connectivity index (χ0v) is 29.4. The molecule has 0 fully saturated rings. The van der Waals surface area contributed by atoms with E-state index in [0.29, 0.717) is 5.56 Å². The van der Waals surface area contributed by atoms with Crippen LogP contribution in [0.4, 0.5) is 4.79 Å². The van der Waals surface area contributed by atoms with E-state index in [-0.39, 0.29) is 49.8 Å². The summed E-state index contributed by atoms with van der Waals surface area (Å²) in [4.78, 5) is 79.8. The van der Waals surface area contributed by atoms with Crippen LogP contribution < -0.4 is 16.4 Å². The van der Waals surface area contributed by atoms with Gasteiger partial charge in [-0.05, 0) is 49.5 Å². The van der Waals surface area contributed by atoms with Crippen LogP contribution in [0.3, 0.4) is 0 Å². The van der Waals surface area contributed by atoms with Gasteiger partial charge in [0.05, 0.1) is 6.04 Å². The van der Waals surface area contributed by atoms with E-state index in [9.17, 15) is 33.4 Å². The lowest BCUT2D eigenvalue weighted by Gasteiger charge is -2.38. The molecule has 5 atom stereocenters. The summed E-state index contributed by atoms with van der Waals surface area (Å²) >= 11 is 0. The van der Waals surface area contributed by atoms with Crippen molar-refractivity contribution in [1.29, 1.82) is 0 Å². The maximum atomic E-state index is 14.3. The Hall–Kier alpha value is -3.28. The molecule has 0 saturated heterocycles. The number of imide groups is 1. The molecule has 0 spiro atoms. The number of hydrogen-bond donors (Lipinski definition) is 4. The van der Waals surface area contributed by atoms with Crippen LogP contribution in [-0.4, -0.2) is 82.4 Å². The molecule has 1 rings (SSSR count). The summed E-state index contributed by atoms with van der Waals surface area (Å²) in [5.74, 6) is -3.84. The van der Waals surface area contributed by atoms with Gasteiger partial charge in [0.2, 0.25) is 17.7 Å². The predicted molar refractivity (Wildman–Crippen MR) is 177 cm³/mol. The first kappa shape index (κ1) is 40.7. The van der Waals surface area contributed by atoms with Crippen LogP contribution >= 0.6 is 8.03 Å². The lowest BCUT2D eigenvalue weighted by atomic mass is 9.95. The van der Waals surface area contributed by atoms with E-state index >= 15 is 0 Å². The van der Waals surface area contributed by atoms with Crippen LogP contribution in [0.2, 0.25) is 0 Å². The van der Waals surface area contributed by atoms with Gasteiger partial charge in [-0.25, -0.2) is 9.69 Å².